The number of nitrogens with zero attached hydrogens (tertiary/aromatic N) is 1. The molecular weight excluding hydrogens is 268 g/mol. The first-order valence-corrected chi connectivity index (χ1v) is 7.25. The first kappa shape index (κ1) is 15.7. The Morgan fingerprint density at radius 3 is 2.42 bits per heavy atom. The van der Waals surface area contributed by atoms with E-state index in [2.05, 4.69) is 4.72 Å². The zero-order chi connectivity index (χ0) is 14.5. The van der Waals surface area contributed by atoms with Crippen molar-refractivity contribution in [2.24, 2.45) is 0 Å². The maximum atomic E-state index is 12.1. The molecule has 1 aromatic rings. The van der Waals surface area contributed by atoms with Gasteiger partial charge in [0, 0.05) is 19.2 Å². The topological polar surface area (TPSA) is 67.9 Å². The number of hydrogen-bond donors (Lipinski definition) is 1. The quantitative estimate of drug-likeness (QED) is 0.793. The van der Waals surface area contributed by atoms with E-state index < -0.39 is 10.0 Å². The Labute approximate surface area is 114 Å². The molecule has 0 heterocycles. The smallest absolute Gasteiger partial charge is 0.244 e. The maximum absolute atomic E-state index is 12.1. The summed E-state index contributed by atoms with van der Waals surface area (Å²) in [6, 6.07) is 4.60. The SMILES string of the molecule is COc1ccc(S(=O)(=O)NCCN(C)C)c(OC)c1. The number of likely N-dealkylation sites (N-methyl/N-ethyl adjacent to an activating group) is 1. The molecule has 0 aliphatic rings. The predicted octanol–water partition coefficient (Wildman–Crippen LogP) is 0.544. The number of nitrogens with one attached hydrogen (secondary N) is 1. The van der Waals surface area contributed by atoms with E-state index in [0.29, 0.717) is 18.8 Å². The maximum Gasteiger partial charge on any atom is 0.244 e. The molecule has 0 saturated heterocycles. The summed E-state index contributed by atoms with van der Waals surface area (Å²) in [5.74, 6) is 0.806. The Kier molecular flexibility index (Phi) is 5.59. The van der Waals surface area contributed by atoms with Crippen molar-refractivity contribution in [1.82, 2.24) is 9.62 Å². The lowest BCUT2D eigenvalue weighted by Crippen LogP contribution is -2.31. The molecule has 0 aromatic heterocycles. The van der Waals surface area contributed by atoms with Gasteiger partial charge >= 0.3 is 0 Å². The van der Waals surface area contributed by atoms with Crippen molar-refractivity contribution in [3.63, 3.8) is 0 Å². The zero-order valence-corrected chi connectivity index (χ0v) is 12.5. The van der Waals surface area contributed by atoms with Crippen LogP contribution in [0.25, 0.3) is 0 Å². The molecule has 19 heavy (non-hydrogen) atoms. The molecule has 0 spiro atoms. The highest BCUT2D eigenvalue weighted by Gasteiger charge is 2.19. The summed E-state index contributed by atoms with van der Waals surface area (Å²) in [5.41, 5.74) is 0. The van der Waals surface area contributed by atoms with Gasteiger partial charge in [0.05, 0.1) is 14.2 Å². The van der Waals surface area contributed by atoms with E-state index in [9.17, 15) is 8.42 Å². The number of benzene rings is 1. The van der Waals surface area contributed by atoms with Crippen LogP contribution in [0.15, 0.2) is 23.1 Å². The lowest BCUT2D eigenvalue weighted by molar-refractivity contribution is 0.385. The molecule has 1 aromatic carbocycles. The molecule has 0 radical (unpaired) electrons. The van der Waals surface area contributed by atoms with E-state index in [1.165, 1.54) is 20.3 Å². The van der Waals surface area contributed by atoms with Crippen LogP contribution in [-0.4, -0.2) is 54.7 Å². The highest BCUT2D eigenvalue weighted by Crippen LogP contribution is 2.27. The predicted molar refractivity (Wildman–Crippen MR) is 73.3 cm³/mol. The third-order valence-corrected chi connectivity index (χ3v) is 4.01. The molecule has 0 saturated carbocycles. The van der Waals surface area contributed by atoms with Gasteiger partial charge < -0.3 is 14.4 Å². The molecule has 1 rings (SSSR count). The van der Waals surface area contributed by atoms with Crippen LogP contribution in [0.1, 0.15) is 0 Å². The number of methoxy groups -OCH3 is 2. The van der Waals surface area contributed by atoms with Gasteiger partial charge in [0.1, 0.15) is 16.4 Å². The summed E-state index contributed by atoms with van der Waals surface area (Å²) in [4.78, 5) is 2.00. The molecule has 6 nitrogen and oxygen atoms in total. The minimum absolute atomic E-state index is 0.106. The van der Waals surface area contributed by atoms with Gasteiger partial charge in [-0.1, -0.05) is 0 Å². The molecule has 0 unspecified atom stereocenters. The van der Waals surface area contributed by atoms with Crippen LogP contribution < -0.4 is 14.2 Å². The van der Waals surface area contributed by atoms with Gasteiger partial charge in [0.15, 0.2) is 0 Å². The molecule has 108 valence electrons. The van der Waals surface area contributed by atoms with Crippen LogP contribution >= 0.6 is 0 Å². The third-order valence-electron chi connectivity index (χ3n) is 2.51. The van der Waals surface area contributed by atoms with Crippen molar-refractivity contribution >= 4 is 10.0 Å². The van der Waals surface area contributed by atoms with E-state index in [4.69, 9.17) is 9.47 Å². The first-order valence-electron chi connectivity index (χ1n) is 5.77. The minimum Gasteiger partial charge on any atom is -0.497 e. The number of hydrogen-bond acceptors (Lipinski definition) is 5. The summed E-state index contributed by atoms with van der Waals surface area (Å²) >= 11 is 0. The van der Waals surface area contributed by atoms with Gasteiger partial charge in [-0.05, 0) is 26.2 Å². The Morgan fingerprint density at radius 2 is 1.89 bits per heavy atom. The van der Waals surface area contributed by atoms with Gasteiger partial charge in [-0.25, -0.2) is 13.1 Å². The van der Waals surface area contributed by atoms with Crippen molar-refractivity contribution in [2.75, 3.05) is 41.4 Å². The lowest BCUT2D eigenvalue weighted by atomic mass is 10.3. The number of ether oxygens (including phenoxy) is 2. The van der Waals surface area contributed by atoms with Gasteiger partial charge in [0.2, 0.25) is 10.0 Å². The van der Waals surface area contributed by atoms with Crippen molar-refractivity contribution < 1.29 is 17.9 Å². The summed E-state index contributed by atoms with van der Waals surface area (Å²) in [6.45, 7) is 0.961. The summed E-state index contributed by atoms with van der Waals surface area (Å²) in [5, 5.41) is 0. The molecule has 0 aliphatic carbocycles. The standard InChI is InChI=1S/C12H20N2O4S/c1-14(2)8-7-13-19(15,16)12-6-5-10(17-3)9-11(12)18-4/h5-6,9,13H,7-8H2,1-4H3. The van der Waals surface area contributed by atoms with E-state index in [1.807, 2.05) is 19.0 Å². The van der Waals surface area contributed by atoms with Crippen molar-refractivity contribution in [1.29, 1.82) is 0 Å². The fourth-order valence-corrected chi connectivity index (χ4v) is 2.65. The zero-order valence-electron chi connectivity index (χ0n) is 11.6. The molecule has 0 aliphatic heterocycles. The second-order valence-electron chi connectivity index (χ2n) is 4.22. The van der Waals surface area contributed by atoms with Crippen LogP contribution in [0.4, 0.5) is 0 Å². The van der Waals surface area contributed by atoms with Gasteiger partial charge in [0.25, 0.3) is 0 Å². The van der Waals surface area contributed by atoms with Crippen LogP contribution in [0.5, 0.6) is 11.5 Å². The molecule has 1 N–H and O–H groups in total. The molecule has 0 amide bonds. The van der Waals surface area contributed by atoms with E-state index in [0.717, 1.165) is 0 Å². The molecule has 7 heteroatoms. The third kappa shape index (κ3) is 4.38. The molecule has 0 bridgehead atoms. The van der Waals surface area contributed by atoms with E-state index in [-0.39, 0.29) is 10.6 Å². The van der Waals surface area contributed by atoms with Crippen LogP contribution in [0.3, 0.4) is 0 Å². The Bertz CT molecular complexity index is 514. The fraction of sp³-hybridized carbons (Fsp3) is 0.500. The van der Waals surface area contributed by atoms with Crippen molar-refractivity contribution in [3.8, 4) is 11.5 Å². The Balaban J connectivity index is 2.94. The highest BCUT2D eigenvalue weighted by atomic mass is 32.2. The van der Waals surface area contributed by atoms with Crippen LogP contribution in [0.2, 0.25) is 0 Å². The summed E-state index contributed by atoms with van der Waals surface area (Å²) in [7, 11) is 3.11. The van der Waals surface area contributed by atoms with Crippen LogP contribution in [0, 0.1) is 0 Å². The number of rotatable bonds is 7. The highest BCUT2D eigenvalue weighted by molar-refractivity contribution is 7.89. The number of sulfonamides is 1. The minimum atomic E-state index is -3.58. The van der Waals surface area contributed by atoms with E-state index in [1.54, 1.807) is 12.1 Å². The molecular formula is C12H20N2O4S. The van der Waals surface area contributed by atoms with Gasteiger partial charge in [-0.15, -0.1) is 0 Å². The average Bonchev–Trinajstić information content (AvgIpc) is 2.37. The second-order valence-corrected chi connectivity index (χ2v) is 5.95. The van der Waals surface area contributed by atoms with E-state index >= 15 is 0 Å². The van der Waals surface area contributed by atoms with Crippen molar-refractivity contribution in [2.45, 2.75) is 4.90 Å². The molecule has 0 fully saturated rings. The average molecular weight is 288 g/mol. The Hall–Kier alpha value is -1.31. The summed E-state index contributed by atoms with van der Waals surface area (Å²) < 4.78 is 36.9. The second kappa shape index (κ2) is 6.74. The Morgan fingerprint density at radius 1 is 1.21 bits per heavy atom. The lowest BCUT2D eigenvalue weighted by Gasteiger charge is -2.13. The normalized spacial score (nSPS) is 11.6. The van der Waals surface area contributed by atoms with Gasteiger partial charge in [-0.3, -0.25) is 0 Å². The fourth-order valence-electron chi connectivity index (χ4n) is 1.48. The van der Waals surface area contributed by atoms with Crippen LogP contribution in [-0.2, 0) is 10.0 Å². The molecule has 0 atom stereocenters. The first-order chi connectivity index (χ1) is 8.90. The van der Waals surface area contributed by atoms with Crippen molar-refractivity contribution in [3.05, 3.63) is 18.2 Å². The van der Waals surface area contributed by atoms with Gasteiger partial charge in [-0.2, -0.15) is 0 Å². The largest absolute Gasteiger partial charge is 0.497 e. The summed E-state index contributed by atoms with van der Waals surface area (Å²) in [6.07, 6.45) is 0. The monoisotopic (exact) mass is 288 g/mol.